The highest BCUT2D eigenvalue weighted by atomic mass is 35.5. The number of carbonyl (C=O) groups excluding carboxylic acids is 1. The van der Waals surface area contributed by atoms with Gasteiger partial charge in [-0.25, -0.2) is 0 Å². The van der Waals surface area contributed by atoms with Crippen LogP contribution in [0, 0.1) is 6.92 Å². The number of halogens is 1. The zero-order valence-electron chi connectivity index (χ0n) is 22.8. The molecule has 0 fully saturated rings. The van der Waals surface area contributed by atoms with Gasteiger partial charge in [-0.3, -0.25) is 9.59 Å². The average molecular weight is 542 g/mol. The van der Waals surface area contributed by atoms with Gasteiger partial charge in [-0.05, 0) is 75.9 Å². The molecule has 0 saturated heterocycles. The molecule has 204 valence electrons. The third-order valence-corrected chi connectivity index (χ3v) is 6.99. The van der Waals surface area contributed by atoms with Gasteiger partial charge >= 0.3 is 0 Å². The Morgan fingerprint density at radius 2 is 1.82 bits per heavy atom. The van der Waals surface area contributed by atoms with Gasteiger partial charge in [0.05, 0.1) is 36.3 Å². The summed E-state index contributed by atoms with van der Waals surface area (Å²) in [6.45, 7) is 11.7. The zero-order valence-corrected chi connectivity index (χ0v) is 23.5. The van der Waals surface area contributed by atoms with Crippen molar-refractivity contribution in [2.45, 2.75) is 66.0 Å². The molecule has 8 heteroatoms. The van der Waals surface area contributed by atoms with Crippen LogP contribution in [0.25, 0.3) is 11.0 Å². The van der Waals surface area contributed by atoms with Gasteiger partial charge in [0.1, 0.15) is 5.58 Å². The minimum absolute atomic E-state index is 0.0697. The van der Waals surface area contributed by atoms with Gasteiger partial charge in [-0.2, -0.15) is 0 Å². The zero-order chi connectivity index (χ0) is 27.4. The molecular formula is C30H36ClNO6. The van der Waals surface area contributed by atoms with Crippen molar-refractivity contribution < 1.29 is 23.4 Å². The molecule has 2 aromatic carbocycles. The number of aryl methyl sites for hydroxylation is 1. The Balaban J connectivity index is 1.82. The molecule has 7 nitrogen and oxygen atoms in total. The van der Waals surface area contributed by atoms with Crippen LogP contribution in [0.15, 0.2) is 39.5 Å². The van der Waals surface area contributed by atoms with E-state index < -0.39 is 6.04 Å². The Kier molecular flexibility index (Phi) is 9.00. The van der Waals surface area contributed by atoms with E-state index in [-0.39, 0.29) is 23.2 Å². The van der Waals surface area contributed by atoms with Gasteiger partial charge in [-0.1, -0.05) is 31.0 Å². The number of carbonyl (C=O) groups is 1. The summed E-state index contributed by atoms with van der Waals surface area (Å²) < 4.78 is 23.7. The molecule has 38 heavy (non-hydrogen) atoms. The van der Waals surface area contributed by atoms with Crippen LogP contribution in [0.4, 0.5) is 0 Å². The predicted molar refractivity (Wildman–Crippen MR) is 149 cm³/mol. The second-order valence-electron chi connectivity index (χ2n) is 9.79. The smallest absolute Gasteiger partial charge is 0.290 e. The van der Waals surface area contributed by atoms with Crippen LogP contribution in [-0.4, -0.2) is 43.3 Å². The summed E-state index contributed by atoms with van der Waals surface area (Å²) in [5, 5.41) is 0.826. The maximum Gasteiger partial charge on any atom is 0.290 e. The lowest BCUT2D eigenvalue weighted by Gasteiger charge is -2.26. The molecule has 0 N–H and O–H groups in total. The Bertz CT molecular complexity index is 1370. The molecule has 1 unspecified atom stereocenters. The highest BCUT2D eigenvalue weighted by Gasteiger charge is 2.42. The van der Waals surface area contributed by atoms with E-state index >= 15 is 0 Å². The lowest BCUT2D eigenvalue weighted by atomic mass is 9.97. The summed E-state index contributed by atoms with van der Waals surface area (Å²) in [5.74, 6) is 0.967. The number of nitrogens with zero attached hydrogens (tertiary/aromatic N) is 1. The molecule has 3 aromatic rings. The Morgan fingerprint density at radius 3 is 2.53 bits per heavy atom. The van der Waals surface area contributed by atoms with E-state index in [0.29, 0.717) is 65.8 Å². The maximum atomic E-state index is 13.9. The van der Waals surface area contributed by atoms with Crippen molar-refractivity contribution in [2.24, 2.45) is 0 Å². The number of fused-ring (bicyclic) bond motifs is 2. The van der Waals surface area contributed by atoms with Crippen LogP contribution in [0.5, 0.6) is 11.5 Å². The summed E-state index contributed by atoms with van der Waals surface area (Å²) in [5.41, 5.74) is 1.92. The van der Waals surface area contributed by atoms with Crippen LogP contribution >= 0.6 is 11.6 Å². The second kappa shape index (κ2) is 12.2. The van der Waals surface area contributed by atoms with Crippen LogP contribution in [-0.2, 0) is 4.74 Å². The van der Waals surface area contributed by atoms with Crippen molar-refractivity contribution in [1.29, 1.82) is 0 Å². The fourth-order valence-corrected chi connectivity index (χ4v) is 4.84. The lowest BCUT2D eigenvalue weighted by Crippen LogP contribution is -2.31. The van der Waals surface area contributed by atoms with E-state index in [9.17, 15) is 9.59 Å². The Morgan fingerprint density at radius 1 is 1.03 bits per heavy atom. The fraction of sp³-hybridized carbons (Fsp3) is 0.467. The average Bonchev–Trinajstić information content (AvgIpc) is 3.16. The summed E-state index contributed by atoms with van der Waals surface area (Å²) in [7, 11) is 0. The second-order valence-corrected chi connectivity index (χ2v) is 10.2. The van der Waals surface area contributed by atoms with Crippen molar-refractivity contribution in [3.05, 3.63) is 68.0 Å². The van der Waals surface area contributed by atoms with Crippen LogP contribution in [0.2, 0.25) is 5.02 Å². The van der Waals surface area contributed by atoms with Crippen LogP contribution in [0.3, 0.4) is 0 Å². The van der Waals surface area contributed by atoms with E-state index in [1.807, 2.05) is 45.9 Å². The maximum absolute atomic E-state index is 13.9. The Hall–Kier alpha value is -3.03. The minimum atomic E-state index is -0.638. The highest BCUT2D eigenvalue weighted by Crippen LogP contribution is 2.41. The number of amides is 1. The molecule has 0 bridgehead atoms. The molecule has 0 radical (unpaired) electrons. The summed E-state index contributed by atoms with van der Waals surface area (Å²) in [6, 6.07) is 8.29. The highest BCUT2D eigenvalue weighted by molar-refractivity contribution is 6.32. The van der Waals surface area contributed by atoms with Crippen molar-refractivity contribution in [2.75, 3.05) is 26.4 Å². The van der Waals surface area contributed by atoms with E-state index in [1.165, 1.54) is 0 Å². The van der Waals surface area contributed by atoms with Gasteiger partial charge in [0, 0.05) is 18.2 Å². The standard InChI is InChI=1S/C30H36ClNO6/c1-6-8-13-37-23-11-10-20(16-25(23)35-7-2)27-26-28(33)21-17-22(31)19(5)15-24(21)38-29(26)30(34)32(27)12-9-14-36-18(3)4/h10-11,15-18,27H,6-9,12-14H2,1-5H3. The van der Waals surface area contributed by atoms with Crippen molar-refractivity contribution in [3.63, 3.8) is 0 Å². The first kappa shape index (κ1) is 28.0. The molecule has 1 aliphatic rings. The van der Waals surface area contributed by atoms with E-state index in [0.717, 1.165) is 24.0 Å². The molecule has 0 saturated carbocycles. The molecule has 0 aliphatic carbocycles. The topological polar surface area (TPSA) is 78.2 Å². The van der Waals surface area contributed by atoms with Crippen LogP contribution < -0.4 is 14.9 Å². The first-order valence-electron chi connectivity index (χ1n) is 13.4. The largest absolute Gasteiger partial charge is 0.490 e. The SMILES string of the molecule is CCCCOc1ccc(C2c3c(oc4cc(C)c(Cl)cc4c3=O)C(=O)N2CCCOC(C)C)cc1OCC. The fourth-order valence-electron chi connectivity index (χ4n) is 4.68. The Labute approximate surface area is 228 Å². The molecule has 0 spiro atoms. The summed E-state index contributed by atoms with van der Waals surface area (Å²) in [6.07, 6.45) is 2.66. The summed E-state index contributed by atoms with van der Waals surface area (Å²) >= 11 is 6.35. The minimum Gasteiger partial charge on any atom is -0.490 e. The molecule has 1 aliphatic heterocycles. The molecule has 2 heterocycles. The quantitative estimate of drug-likeness (QED) is 0.238. The van der Waals surface area contributed by atoms with Gasteiger partial charge in [0.2, 0.25) is 5.76 Å². The predicted octanol–water partition coefficient (Wildman–Crippen LogP) is 6.69. The van der Waals surface area contributed by atoms with Crippen molar-refractivity contribution >= 4 is 28.5 Å². The van der Waals surface area contributed by atoms with Gasteiger partial charge in [0.15, 0.2) is 16.9 Å². The van der Waals surface area contributed by atoms with Gasteiger partial charge in [0.25, 0.3) is 5.91 Å². The molecule has 1 atom stereocenters. The molecule has 4 rings (SSSR count). The van der Waals surface area contributed by atoms with Crippen molar-refractivity contribution in [1.82, 2.24) is 4.90 Å². The van der Waals surface area contributed by atoms with E-state index in [1.54, 1.807) is 17.0 Å². The molecule has 1 amide bonds. The van der Waals surface area contributed by atoms with Gasteiger partial charge in [-0.15, -0.1) is 0 Å². The molecule has 1 aromatic heterocycles. The lowest BCUT2D eigenvalue weighted by molar-refractivity contribution is 0.0593. The number of rotatable bonds is 12. The van der Waals surface area contributed by atoms with E-state index in [4.69, 9.17) is 30.2 Å². The first-order chi connectivity index (χ1) is 18.3. The normalized spacial score (nSPS) is 15.0. The monoisotopic (exact) mass is 541 g/mol. The third kappa shape index (κ3) is 5.69. The number of unbranched alkanes of at least 4 members (excludes halogenated alkanes) is 1. The van der Waals surface area contributed by atoms with Crippen LogP contribution in [0.1, 0.15) is 80.2 Å². The van der Waals surface area contributed by atoms with E-state index in [2.05, 4.69) is 6.92 Å². The number of ether oxygens (including phenoxy) is 3. The molecular weight excluding hydrogens is 506 g/mol. The summed E-state index contributed by atoms with van der Waals surface area (Å²) in [4.78, 5) is 29.2. The van der Waals surface area contributed by atoms with Crippen molar-refractivity contribution in [3.8, 4) is 11.5 Å². The number of hydrogen-bond donors (Lipinski definition) is 0. The first-order valence-corrected chi connectivity index (χ1v) is 13.7. The number of benzene rings is 2. The third-order valence-electron chi connectivity index (χ3n) is 6.58. The number of hydrogen-bond acceptors (Lipinski definition) is 6. The van der Waals surface area contributed by atoms with Gasteiger partial charge < -0.3 is 23.5 Å².